The van der Waals surface area contributed by atoms with Crippen LogP contribution in [0.2, 0.25) is 0 Å². The van der Waals surface area contributed by atoms with Crippen molar-refractivity contribution >= 4 is 0 Å². The molecule has 0 radical (unpaired) electrons. The van der Waals surface area contributed by atoms with Crippen molar-refractivity contribution in [1.82, 2.24) is 4.90 Å². The van der Waals surface area contributed by atoms with Crippen molar-refractivity contribution in [1.29, 1.82) is 0 Å². The number of hydrogen-bond donors (Lipinski definition) is 1. The van der Waals surface area contributed by atoms with Gasteiger partial charge < -0.3 is 5.11 Å². The number of piperidine rings is 1. The third-order valence-electron chi connectivity index (χ3n) is 2.97. The third kappa shape index (κ3) is 4.25. The summed E-state index contributed by atoms with van der Waals surface area (Å²) in [5.74, 6) is 0.821. The second kappa shape index (κ2) is 7.02. The number of rotatable bonds is 5. The van der Waals surface area contributed by atoms with Crippen molar-refractivity contribution in [2.75, 3.05) is 26.2 Å². The van der Waals surface area contributed by atoms with Crippen molar-refractivity contribution in [2.45, 2.75) is 32.6 Å². The van der Waals surface area contributed by atoms with Gasteiger partial charge in [0.05, 0.1) is 0 Å². The molecule has 1 N–H and O–H groups in total. The molecule has 1 aliphatic rings. The normalized spacial score (nSPS) is 24.6. The molecule has 0 aromatic carbocycles. The molecule has 82 valence electrons. The molecule has 0 saturated carbocycles. The number of nitrogens with zero attached hydrogens (tertiary/aromatic N) is 1. The molecule has 0 aromatic rings. The summed E-state index contributed by atoms with van der Waals surface area (Å²) in [5, 5.41) is 8.78. The van der Waals surface area contributed by atoms with Crippen molar-refractivity contribution < 1.29 is 5.11 Å². The Morgan fingerprint density at radius 3 is 3.07 bits per heavy atom. The van der Waals surface area contributed by atoms with Crippen LogP contribution in [-0.4, -0.2) is 36.2 Å². The maximum absolute atomic E-state index is 8.78. The Kier molecular flexibility index (Phi) is 5.88. The van der Waals surface area contributed by atoms with E-state index in [1.165, 1.54) is 32.4 Å². The summed E-state index contributed by atoms with van der Waals surface area (Å²) in [6, 6.07) is 0. The van der Waals surface area contributed by atoms with Crippen LogP contribution in [0.5, 0.6) is 0 Å². The van der Waals surface area contributed by atoms with Gasteiger partial charge in [-0.3, -0.25) is 4.90 Å². The second-order valence-corrected chi connectivity index (χ2v) is 4.20. The lowest BCUT2D eigenvalue weighted by atomic mass is 9.93. The highest BCUT2D eigenvalue weighted by Gasteiger charge is 2.18. The molecule has 1 saturated heterocycles. The summed E-state index contributed by atoms with van der Waals surface area (Å²) in [7, 11) is 0. The van der Waals surface area contributed by atoms with Gasteiger partial charge in [-0.1, -0.05) is 12.2 Å². The van der Waals surface area contributed by atoms with Gasteiger partial charge in [0, 0.05) is 19.7 Å². The predicted molar refractivity (Wildman–Crippen MR) is 60.3 cm³/mol. The molecular formula is C12H23NO. The van der Waals surface area contributed by atoms with E-state index in [2.05, 4.69) is 24.0 Å². The minimum absolute atomic E-state index is 0.353. The first-order chi connectivity index (χ1) is 6.86. The van der Waals surface area contributed by atoms with E-state index in [9.17, 15) is 0 Å². The molecule has 1 heterocycles. The summed E-state index contributed by atoms with van der Waals surface area (Å²) in [6.45, 7) is 6.01. The number of allylic oxidation sites excluding steroid dienone is 1. The molecule has 2 heteroatoms. The van der Waals surface area contributed by atoms with Gasteiger partial charge in [-0.25, -0.2) is 0 Å². The zero-order chi connectivity index (χ0) is 10.2. The van der Waals surface area contributed by atoms with E-state index >= 15 is 0 Å². The van der Waals surface area contributed by atoms with E-state index in [0.29, 0.717) is 6.61 Å². The minimum Gasteiger partial charge on any atom is -0.396 e. The van der Waals surface area contributed by atoms with Crippen LogP contribution in [0.3, 0.4) is 0 Å². The van der Waals surface area contributed by atoms with Crippen LogP contribution in [0.25, 0.3) is 0 Å². The van der Waals surface area contributed by atoms with Crippen LogP contribution in [0.4, 0.5) is 0 Å². The standard InChI is InChI=1S/C12H23NO/c1-2-3-8-13-9-4-6-12(11-13)7-5-10-14/h2-3,12,14H,4-11H2,1H3/b3-2+. The molecule has 1 fully saturated rings. The molecule has 0 amide bonds. The van der Waals surface area contributed by atoms with Crippen LogP contribution in [0, 0.1) is 5.92 Å². The highest BCUT2D eigenvalue weighted by atomic mass is 16.2. The molecule has 2 nitrogen and oxygen atoms in total. The van der Waals surface area contributed by atoms with Gasteiger partial charge in [-0.05, 0) is 45.1 Å². The Hall–Kier alpha value is -0.340. The smallest absolute Gasteiger partial charge is 0.0431 e. The largest absolute Gasteiger partial charge is 0.396 e. The Balaban J connectivity index is 2.21. The van der Waals surface area contributed by atoms with Gasteiger partial charge in [0.15, 0.2) is 0 Å². The van der Waals surface area contributed by atoms with Gasteiger partial charge in [0.2, 0.25) is 0 Å². The Morgan fingerprint density at radius 1 is 1.50 bits per heavy atom. The molecule has 1 unspecified atom stereocenters. The first kappa shape index (κ1) is 11.7. The van der Waals surface area contributed by atoms with E-state index < -0.39 is 0 Å². The highest BCUT2D eigenvalue weighted by Crippen LogP contribution is 2.20. The molecule has 0 aromatic heterocycles. The number of aliphatic hydroxyl groups is 1. The topological polar surface area (TPSA) is 23.5 Å². The summed E-state index contributed by atoms with van der Waals surface area (Å²) in [5.41, 5.74) is 0. The first-order valence-electron chi connectivity index (χ1n) is 5.81. The zero-order valence-electron chi connectivity index (χ0n) is 9.28. The van der Waals surface area contributed by atoms with E-state index in [0.717, 1.165) is 18.9 Å². The lowest BCUT2D eigenvalue weighted by molar-refractivity contribution is 0.173. The molecule has 14 heavy (non-hydrogen) atoms. The quantitative estimate of drug-likeness (QED) is 0.682. The zero-order valence-corrected chi connectivity index (χ0v) is 9.28. The molecule has 0 spiro atoms. The summed E-state index contributed by atoms with van der Waals surface area (Å²) >= 11 is 0. The van der Waals surface area contributed by atoms with E-state index in [-0.39, 0.29) is 0 Å². The van der Waals surface area contributed by atoms with Crippen LogP contribution >= 0.6 is 0 Å². The van der Waals surface area contributed by atoms with Crippen molar-refractivity contribution in [3.63, 3.8) is 0 Å². The monoisotopic (exact) mass is 197 g/mol. The Bertz CT molecular complexity index is 168. The van der Waals surface area contributed by atoms with Crippen molar-refractivity contribution in [3.05, 3.63) is 12.2 Å². The van der Waals surface area contributed by atoms with Crippen LogP contribution in [-0.2, 0) is 0 Å². The van der Waals surface area contributed by atoms with Gasteiger partial charge in [0.1, 0.15) is 0 Å². The molecular weight excluding hydrogens is 174 g/mol. The van der Waals surface area contributed by atoms with Gasteiger partial charge in [0.25, 0.3) is 0 Å². The average Bonchev–Trinajstić information content (AvgIpc) is 2.24. The van der Waals surface area contributed by atoms with Gasteiger partial charge in [-0.15, -0.1) is 0 Å². The summed E-state index contributed by atoms with van der Waals surface area (Å²) in [6.07, 6.45) is 9.21. The fraction of sp³-hybridized carbons (Fsp3) is 0.833. The Labute approximate surface area is 87.6 Å². The summed E-state index contributed by atoms with van der Waals surface area (Å²) < 4.78 is 0. The summed E-state index contributed by atoms with van der Waals surface area (Å²) in [4.78, 5) is 2.52. The SMILES string of the molecule is C/C=C/CN1CCCC(CCCO)C1. The van der Waals surface area contributed by atoms with E-state index in [4.69, 9.17) is 5.11 Å². The van der Waals surface area contributed by atoms with E-state index in [1.807, 2.05) is 0 Å². The Morgan fingerprint density at radius 2 is 2.36 bits per heavy atom. The maximum atomic E-state index is 8.78. The highest BCUT2D eigenvalue weighted by molar-refractivity contribution is 4.83. The lowest BCUT2D eigenvalue weighted by Crippen LogP contribution is -2.35. The fourth-order valence-electron chi connectivity index (χ4n) is 2.19. The lowest BCUT2D eigenvalue weighted by Gasteiger charge is -2.31. The van der Waals surface area contributed by atoms with Crippen LogP contribution < -0.4 is 0 Å². The van der Waals surface area contributed by atoms with Crippen LogP contribution in [0.15, 0.2) is 12.2 Å². The van der Waals surface area contributed by atoms with Gasteiger partial charge >= 0.3 is 0 Å². The second-order valence-electron chi connectivity index (χ2n) is 4.20. The van der Waals surface area contributed by atoms with Crippen molar-refractivity contribution in [3.8, 4) is 0 Å². The number of hydrogen-bond acceptors (Lipinski definition) is 2. The fourth-order valence-corrected chi connectivity index (χ4v) is 2.19. The molecule has 1 atom stereocenters. The maximum Gasteiger partial charge on any atom is 0.0431 e. The number of likely N-dealkylation sites (tertiary alicyclic amines) is 1. The molecule has 1 aliphatic heterocycles. The van der Waals surface area contributed by atoms with Gasteiger partial charge in [-0.2, -0.15) is 0 Å². The third-order valence-corrected chi connectivity index (χ3v) is 2.97. The molecule has 0 bridgehead atoms. The first-order valence-corrected chi connectivity index (χ1v) is 5.81. The average molecular weight is 197 g/mol. The minimum atomic E-state index is 0.353. The van der Waals surface area contributed by atoms with Crippen LogP contribution in [0.1, 0.15) is 32.6 Å². The van der Waals surface area contributed by atoms with Crippen molar-refractivity contribution in [2.24, 2.45) is 5.92 Å². The molecule has 0 aliphatic carbocycles. The predicted octanol–water partition coefficient (Wildman–Crippen LogP) is 2.05. The molecule has 1 rings (SSSR count). The number of aliphatic hydroxyl groups excluding tert-OH is 1. The van der Waals surface area contributed by atoms with E-state index in [1.54, 1.807) is 0 Å².